The molecule has 3 heteroatoms. The van der Waals surface area contributed by atoms with Crippen molar-refractivity contribution in [3.63, 3.8) is 0 Å². The van der Waals surface area contributed by atoms with Crippen LogP contribution in [0.2, 0.25) is 0 Å². The van der Waals surface area contributed by atoms with Crippen LogP contribution in [-0.2, 0) is 11.2 Å². The average Bonchev–Trinajstić information content (AvgIpc) is 2.60. The first kappa shape index (κ1) is 12.4. The lowest BCUT2D eigenvalue weighted by Crippen LogP contribution is -2.06. The first-order valence-corrected chi connectivity index (χ1v) is 5.29. The second-order valence-electron chi connectivity index (χ2n) is 4.15. The third-order valence-corrected chi connectivity index (χ3v) is 2.39. The molecular weight excluding hydrogens is 202 g/mol. The van der Waals surface area contributed by atoms with Crippen LogP contribution in [0, 0.1) is 6.92 Å². The van der Waals surface area contributed by atoms with Gasteiger partial charge in [-0.15, -0.1) is 0 Å². The van der Waals surface area contributed by atoms with Gasteiger partial charge in [0.2, 0.25) is 6.41 Å². The molecule has 3 nitrogen and oxygen atoms in total. The predicted molar refractivity (Wildman–Crippen MR) is 63.6 cm³/mol. The Hall–Kier alpha value is -1.64. The second kappa shape index (κ2) is 5.45. The number of fused-ring (bicyclic) bond motifs is 1. The zero-order valence-electron chi connectivity index (χ0n) is 9.99. The lowest BCUT2D eigenvalue weighted by atomic mass is 10.1. The lowest BCUT2D eigenvalue weighted by Gasteiger charge is -1.97. The van der Waals surface area contributed by atoms with Crippen LogP contribution in [0.4, 0.5) is 0 Å². The highest BCUT2D eigenvalue weighted by molar-refractivity contribution is 6.00. The van der Waals surface area contributed by atoms with E-state index in [0.717, 1.165) is 18.4 Å². The van der Waals surface area contributed by atoms with Crippen LogP contribution in [0.5, 0.6) is 0 Å². The first-order chi connectivity index (χ1) is 7.54. The number of amides is 1. The minimum atomic E-state index is 0.306. The average molecular weight is 219 g/mol. The van der Waals surface area contributed by atoms with Crippen molar-refractivity contribution < 1.29 is 9.59 Å². The van der Waals surface area contributed by atoms with E-state index in [-0.39, 0.29) is 0 Å². The van der Waals surface area contributed by atoms with Gasteiger partial charge in [-0.25, -0.2) is 0 Å². The number of hydrogen-bond donors (Lipinski definition) is 0. The molecule has 1 aromatic rings. The standard InChI is InChI=1S/C10H10O.C3H7NO/c1-7-2-4-9-8(6-7)3-5-10(9)11;1-4(2)3-5/h2,4,6H,3,5H2,1H3;3H,1-2H3. The normalized spacial score (nSPS) is 12.6. The molecule has 2 rings (SSSR count). The third-order valence-electron chi connectivity index (χ3n) is 2.39. The van der Waals surface area contributed by atoms with E-state index in [2.05, 4.69) is 13.0 Å². The van der Waals surface area contributed by atoms with Crippen LogP contribution in [0.3, 0.4) is 0 Å². The summed E-state index contributed by atoms with van der Waals surface area (Å²) in [4.78, 5) is 22.1. The molecule has 0 spiro atoms. The van der Waals surface area contributed by atoms with E-state index in [9.17, 15) is 9.59 Å². The molecule has 0 unspecified atom stereocenters. The van der Waals surface area contributed by atoms with Gasteiger partial charge in [0, 0.05) is 26.1 Å². The van der Waals surface area contributed by atoms with Crippen molar-refractivity contribution in [3.05, 3.63) is 34.9 Å². The van der Waals surface area contributed by atoms with Crippen LogP contribution < -0.4 is 0 Å². The Bertz CT molecular complexity index is 397. The fourth-order valence-corrected chi connectivity index (χ4v) is 1.58. The van der Waals surface area contributed by atoms with Crippen LogP contribution in [0.1, 0.15) is 27.9 Å². The Kier molecular flexibility index (Phi) is 4.23. The van der Waals surface area contributed by atoms with Gasteiger partial charge in [0.05, 0.1) is 0 Å². The molecule has 0 aliphatic heterocycles. The molecule has 86 valence electrons. The molecule has 0 heterocycles. The van der Waals surface area contributed by atoms with Gasteiger partial charge in [0.15, 0.2) is 5.78 Å². The van der Waals surface area contributed by atoms with Crippen molar-refractivity contribution in [2.75, 3.05) is 14.1 Å². The molecule has 0 bridgehead atoms. The Labute approximate surface area is 96.1 Å². The van der Waals surface area contributed by atoms with Crippen molar-refractivity contribution in [2.24, 2.45) is 0 Å². The maximum Gasteiger partial charge on any atom is 0.209 e. The first-order valence-electron chi connectivity index (χ1n) is 5.29. The van der Waals surface area contributed by atoms with E-state index < -0.39 is 0 Å². The number of nitrogens with zero attached hydrogens (tertiary/aromatic N) is 1. The lowest BCUT2D eigenvalue weighted by molar-refractivity contribution is -0.115. The third kappa shape index (κ3) is 3.19. The SMILES string of the molecule is CN(C)C=O.Cc1ccc2c(c1)CCC2=O. The largest absolute Gasteiger partial charge is 0.351 e. The minimum Gasteiger partial charge on any atom is -0.351 e. The van der Waals surface area contributed by atoms with Gasteiger partial charge in [-0.1, -0.05) is 23.8 Å². The van der Waals surface area contributed by atoms with Crippen molar-refractivity contribution in [3.8, 4) is 0 Å². The molecular formula is C13H17NO2. The molecule has 0 aromatic heterocycles. The number of benzene rings is 1. The summed E-state index contributed by atoms with van der Waals surface area (Å²) in [6, 6.07) is 6.06. The van der Waals surface area contributed by atoms with Gasteiger partial charge < -0.3 is 4.90 Å². The summed E-state index contributed by atoms with van der Waals surface area (Å²) < 4.78 is 0. The summed E-state index contributed by atoms with van der Waals surface area (Å²) >= 11 is 0. The molecule has 0 saturated carbocycles. The molecule has 1 aromatic carbocycles. The molecule has 16 heavy (non-hydrogen) atoms. The fraction of sp³-hybridized carbons (Fsp3) is 0.385. The number of ketones is 1. The maximum atomic E-state index is 11.2. The highest BCUT2D eigenvalue weighted by atomic mass is 16.1. The van der Waals surface area contributed by atoms with Crippen LogP contribution in [0.15, 0.2) is 18.2 Å². The van der Waals surface area contributed by atoms with Crippen molar-refractivity contribution in [1.29, 1.82) is 0 Å². The van der Waals surface area contributed by atoms with Crippen molar-refractivity contribution in [2.45, 2.75) is 19.8 Å². The minimum absolute atomic E-state index is 0.306. The number of hydrogen-bond acceptors (Lipinski definition) is 2. The summed E-state index contributed by atoms with van der Waals surface area (Å²) in [6.07, 6.45) is 2.40. The quantitative estimate of drug-likeness (QED) is 0.676. The van der Waals surface area contributed by atoms with Gasteiger partial charge in [0.25, 0.3) is 0 Å². The Balaban J connectivity index is 0.000000221. The summed E-state index contributed by atoms with van der Waals surface area (Å²) in [7, 11) is 3.38. The number of Topliss-reactive ketones (excluding diaryl/α,β-unsaturated/α-hetero) is 1. The second-order valence-corrected chi connectivity index (χ2v) is 4.15. The van der Waals surface area contributed by atoms with Gasteiger partial charge >= 0.3 is 0 Å². The molecule has 0 fully saturated rings. The fourth-order valence-electron chi connectivity index (χ4n) is 1.58. The molecule has 1 aliphatic carbocycles. The molecule has 0 saturated heterocycles. The van der Waals surface area contributed by atoms with Crippen molar-refractivity contribution >= 4 is 12.2 Å². The molecule has 0 N–H and O–H groups in total. The van der Waals surface area contributed by atoms with E-state index >= 15 is 0 Å². The Morgan fingerprint density at radius 1 is 1.25 bits per heavy atom. The van der Waals surface area contributed by atoms with Gasteiger partial charge in [-0.3, -0.25) is 9.59 Å². The Morgan fingerprint density at radius 3 is 2.44 bits per heavy atom. The zero-order chi connectivity index (χ0) is 12.1. The maximum absolute atomic E-state index is 11.2. The van der Waals surface area contributed by atoms with Crippen LogP contribution in [-0.4, -0.2) is 31.2 Å². The zero-order valence-corrected chi connectivity index (χ0v) is 9.99. The molecule has 1 amide bonds. The number of carbonyl (C=O) groups is 2. The monoisotopic (exact) mass is 219 g/mol. The Morgan fingerprint density at radius 2 is 1.88 bits per heavy atom. The van der Waals surface area contributed by atoms with E-state index in [0.29, 0.717) is 12.2 Å². The summed E-state index contributed by atoms with van der Waals surface area (Å²) in [5.41, 5.74) is 3.42. The molecule has 0 atom stereocenters. The summed E-state index contributed by atoms with van der Waals surface area (Å²) in [6.45, 7) is 2.06. The summed E-state index contributed by atoms with van der Waals surface area (Å²) in [5, 5.41) is 0. The summed E-state index contributed by atoms with van der Waals surface area (Å²) in [5.74, 6) is 0.306. The molecule has 0 radical (unpaired) electrons. The smallest absolute Gasteiger partial charge is 0.209 e. The van der Waals surface area contributed by atoms with E-state index in [4.69, 9.17) is 0 Å². The molecule has 1 aliphatic rings. The van der Waals surface area contributed by atoms with Crippen LogP contribution >= 0.6 is 0 Å². The highest BCUT2D eigenvalue weighted by Gasteiger charge is 2.18. The van der Waals surface area contributed by atoms with Crippen molar-refractivity contribution in [1.82, 2.24) is 4.90 Å². The number of aryl methyl sites for hydroxylation is 2. The number of carbonyl (C=O) groups excluding carboxylic acids is 2. The predicted octanol–water partition coefficient (Wildman–Crippen LogP) is 1.83. The number of rotatable bonds is 1. The topological polar surface area (TPSA) is 37.4 Å². The van der Waals surface area contributed by atoms with E-state index in [1.807, 2.05) is 12.1 Å². The van der Waals surface area contributed by atoms with Gasteiger partial charge in [0.1, 0.15) is 0 Å². The van der Waals surface area contributed by atoms with E-state index in [1.165, 1.54) is 16.0 Å². The highest BCUT2D eigenvalue weighted by Crippen LogP contribution is 2.22. The van der Waals surface area contributed by atoms with Gasteiger partial charge in [-0.05, 0) is 18.9 Å². The van der Waals surface area contributed by atoms with Crippen LogP contribution in [0.25, 0.3) is 0 Å². The van der Waals surface area contributed by atoms with E-state index in [1.54, 1.807) is 14.1 Å². The van der Waals surface area contributed by atoms with Gasteiger partial charge in [-0.2, -0.15) is 0 Å².